The molecule has 1 amide bonds. The second-order valence-electron chi connectivity index (χ2n) is 4.50. The van der Waals surface area contributed by atoms with Crippen molar-refractivity contribution in [2.75, 3.05) is 0 Å². The average Bonchev–Trinajstić information content (AvgIpc) is 1.99. The quantitative estimate of drug-likeness (QED) is 0.751. The summed E-state index contributed by atoms with van der Waals surface area (Å²) in [5, 5.41) is 2.75. The number of carbonyl (C=O) groups excluding carboxylic acids is 1. The molecule has 1 aliphatic carbocycles. The predicted molar refractivity (Wildman–Crippen MR) is 50.1 cm³/mol. The van der Waals surface area contributed by atoms with Gasteiger partial charge in [-0.05, 0) is 12.8 Å². The van der Waals surface area contributed by atoms with Crippen molar-refractivity contribution >= 4 is 5.91 Å². The zero-order valence-corrected chi connectivity index (χ0v) is 8.81. The molecule has 0 spiro atoms. The lowest BCUT2D eigenvalue weighted by molar-refractivity contribution is -0.150. The maximum absolute atomic E-state index is 12.5. The van der Waals surface area contributed by atoms with Crippen LogP contribution in [0.1, 0.15) is 33.6 Å². The standard InChI is InChI=1S/C10H17F2NO/c1-6(2)7(3)13-9(14)8-4-10(11,12)5-8/h6-8H,4-5H2,1-3H3,(H,13,14). The summed E-state index contributed by atoms with van der Waals surface area (Å²) < 4.78 is 24.9. The maximum atomic E-state index is 12.5. The van der Waals surface area contributed by atoms with Crippen LogP contribution in [0.2, 0.25) is 0 Å². The monoisotopic (exact) mass is 205 g/mol. The molecular weight excluding hydrogens is 188 g/mol. The fourth-order valence-corrected chi connectivity index (χ4v) is 1.36. The highest BCUT2D eigenvalue weighted by Crippen LogP contribution is 2.42. The summed E-state index contributed by atoms with van der Waals surface area (Å²) in [5.74, 6) is -2.98. The van der Waals surface area contributed by atoms with Gasteiger partial charge in [0.05, 0.1) is 0 Å². The van der Waals surface area contributed by atoms with Gasteiger partial charge in [-0.1, -0.05) is 13.8 Å². The first-order valence-electron chi connectivity index (χ1n) is 5.00. The molecule has 0 bridgehead atoms. The van der Waals surface area contributed by atoms with Crippen LogP contribution in [0, 0.1) is 11.8 Å². The van der Waals surface area contributed by atoms with Gasteiger partial charge in [-0.3, -0.25) is 4.79 Å². The average molecular weight is 205 g/mol. The third-order valence-corrected chi connectivity index (χ3v) is 2.83. The number of rotatable bonds is 3. The number of amides is 1. The van der Waals surface area contributed by atoms with Crippen molar-refractivity contribution in [2.24, 2.45) is 11.8 Å². The number of alkyl halides is 2. The van der Waals surface area contributed by atoms with Crippen LogP contribution in [0.15, 0.2) is 0 Å². The first-order valence-corrected chi connectivity index (χ1v) is 5.00. The lowest BCUT2D eigenvalue weighted by Crippen LogP contribution is -2.48. The fourth-order valence-electron chi connectivity index (χ4n) is 1.36. The van der Waals surface area contributed by atoms with E-state index in [1.807, 2.05) is 20.8 Å². The molecule has 1 N–H and O–H groups in total. The van der Waals surface area contributed by atoms with Crippen LogP contribution >= 0.6 is 0 Å². The second-order valence-corrected chi connectivity index (χ2v) is 4.50. The smallest absolute Gasteiger partial charge is 0.249 e. The molecule has 14 heavy (non-hydrogen) atoms. The van der Waals surface area contributed by atoms with E-state index in [1.54, 1.807) is 0 Å². The molecule has 0 radical (unpaired) electrons. The highest BCUT2D eigenvalue weighted by Gasteiger charge is 2.48. The van der Waals surface area contributed by atoms with Gasteiger partial charge in [0.15, 0.2) is 0 Å². The summed E-state index contributed by atoms with van der Waals surface area (Å²) in [6.07, 6.45) is -0.576. The maximum Gasteiger partial charge on any atom is 0.249 e. The lowest BCUT2D eigenvalue weighted by Gasteiger charge is -2.34. The predicted octanol–water partition coefficient (Wildman–Crippen LogP) is 2.19. The topological polar surface area (TPSA) is 29.1 Å². The van der Waals surface area contributed by atoms with Gasteiger partial charge in [0, 0.05) is 24.8 Å². The van der Waals surface area contributed by atoms with Crippen LogP contribution in [-0.4, -0.2) is 17.9 Å². The van der Waals surface area contributed by atoms with Crippen LogP contribution in [-0.2, 0) is 4.79 Å². The van der Waals surface area contributed by atoms with Crippen LogP contribution in [0.5, 0.6) is 0 Å². The lowest BCUT2D eigenvalue weighted by atomic mass is 9.80. The van der Waals surface area contributed by atoms with Gasteiger partial charge in [-0.15, -0.1) is 0 Å². The Morgan fingerprint density at radius 3 is 2.21 bits per heavy atom. The molecule has 0 aliphatic heterocycles. The Balaban J connectivity index is 2.31. The van der Waals surface area contributed by atoms with Crippen molar-refractivity contribution in [3.63, 3.8) is 0 Å². The number of carbonyl (C=O) groups is 1. The van der Waals surface area contributed by atoms with Crippen molar-refractivity contribution in [1.82, 2.24) is 5.32 Å². The molecule has 2 nitrogen and oxygen atoms in total. The Hall–Kier alpha value is -0.670. The van der Waals surface area contributed by atoms with Gasteiger partial charge in [-0.25, -0.2) is 8.78 Å². The molecule has 0 aromatic carbocycles. The summed E-state index contributed by atoms with van der Waals surface area (Å²) in [7, 11) is 0. The van der Waals surface area contributed by atoms with Crippen LogP contribution < -0.4 is 5.32 Å². The molecule has 4 heteroatoms. The SMILES string of the molecule is CC(C)C(C)NC(=O)C1CC(F)(F)C1. The zero-order chi connectivity index (χ0) is 10.9. The van der Waals surface area contributed by atoms with E-state index in [2.05, 4.69) is 5.32 Å². The highest BCUT2D eigenvalue weighted by atomic mass is 19.3. The van der Waals surface area contributed by atoms with Gasteiger partial charge in [0.2, 0.25) is 11.8 Å². The molecule has 1 fully saturated rings. The summed E-state index contributed by atoms with van der Waals surface area (Å²) in [5.41, 5.74) is 0. The van der Waals surface area contributed by atoms with Gasteiger partial charge in [0.1, 0.15) is 0 Å². The van der Waals surface area contributed by atoms with Crippen LogP contribution in [0.4, 0.5) is 8.78 Å². The van der Waals surface area contributed by atoms with Crippen molar-refractivity contribution in [3.05, 3.63) is 0 Å². The Labute approximate surface area is 83.1 Å². The van der Waals surface area contributed by atoms with E-state index in [1.165, 1.54) is 0 Å². The van der Waals surface area contributed by atoms with E-state index in [0.29, 0.717) is 5.92 Å². The summed E-state index contributed by atoms with van der Waals surface area (Å²) in [4.78, 5) is 11.4. The van der Waals surface area contributed by atoms with E-state index in [9.17, 15) is 13.6 Å². The fraction of sp³-hybridized carbons (Fsp3) is 0.900. The molecular formula is C10H17F2NO. The first kappa shape index (κ1) is 11.4. The van der Waals surface area contributed by atoms with Crippen molar-refractivity contribution < 1.29 is 13.6 Å². The summed E-state index contributed by atoms with van der Waals surface area (Å²) in [6, 6.07) is 0.0525. The number of hydrogen-bond donors (Lipinski definition) is 1. The number of hydrogen-bond acceptors (Lipinski definition) is 1. The third-order valence-electron chi connectivity index (χ3n) is 2.83. The number of halogens is 2. The Morgan fingerprint density at radius 2 is 1.86 bits per heavy atom. The Kier molecular flexibility index (Phi) is 3.12. The first-order chi connectivity index (χ1) is 6.32. The van der Waals surface area contributed by atoms with E-state index >= 15 is 0 Å². The largest absolute Gasteiger partial charge is 0.353 e. The van der Waals surface area contributed by atoms with Gasteiger partial charge >= 0.3 is 0 Å². The highest BCUT2D eigenvalue weighted by molar-refractivity contribution is 5.80. The molecule has 1 atom stereocenters. The van der Waals surface area contributed by atoms with Crippen molar-refractivity contribution in [1.29, 1.82) is 0 Å². The van der Waals surface area contributed by atoms with E-state index in [0.717, 1.165) is 0 Å². The second kappa shape index (κ2) is 3.83. The molecule has 1 rings (SSSR count). The molecule has 0 aromatic rings. The minimum absolute atomic E-state index is 0.0525. The van der Waals surface area contributed by atoms with Crippen LogP contribution in [0.3, 0.4) is 0 Å². The van der Waals surface area contributed by atoms with Gasteiger partial charge in [-0.2, -0.15) is 0 Å². The van der Waals surface area contributed by atoms with Crippen LogP contribution in [0.25, 0.3) is 0 Å². The molecule has 82 valence electrons. The van der Waals surface area contributed by atoms with E-state index in [-0.39, 0.29) is 24.8 Å². The minimum atomic E-state index is -2.61. The number of nitrogens with one attached hydrogen (secondary N) is 1. The Bertz CT molecular complexity index is 220. The molecule has 0 saturated heterocycles. The van der Waals surface area contributed by atoms with Crippen molar-refractivity contribution in [2.45, 2.75) is 45.6 Å². The van der Waals surface area contributed by atoms with Gasteiger partial charge in [0.25, 0.3) is 0 Å². The normalized spacial score (nSPS) is 23.0. The minimum Gasteiger partial charge on any atom is -0.353 e. The molecule has 1 saturated carbocycles. The molecule has 1 unspecified atom stereocenters. The molecule has 0 heterocycles. The summed E-state index contributed by atoms with van der Waals surface area (Å²) in [6.45, 7) is 5.86. The third kappa shape index (κ3) is 2.66. The van der Waals surface area contributed by atoms with E-state index < -0.39 is 11.8 Å². The van der Waals surface area contributed by atoms with Gasteiger partial charge < -0.3 is 5.32 Å². The summed E-state index contributed by atoms with van der Waals surface area (Å²) >= 11 is 0. The molecule has 1 aliphatic rings. The van der Waals surface area contributed by atoms with E-state index in [4.69, 9.17) is 0 Å². The Morgan fingerprint density at radius 1 is 1.36 bits per heavy atom. The molecule has 0 aromatic heterocycles. The van der Waals surface area contributed by atoms with Crippen molar-refractivity contribution in [3.8, 4) is 0 Å². The zero-order valence-electron chi connectivity index (χ0n) is 8.81.